The maximum atomic E-state index is 13.1. The predicted molar refractivity (Wildman–Crippen MR) is 150 cm³/mol. The number of fused-ring (bicyclic) bond motifs is 1. The lowest BCUT2D eigenvalue weighted by atomic mass is 10.2. The van der Waals surface area contributed by atoms with E-state index < -0.39 is 21.5 Å². The summed E-state index contributed by atoms with van der Waals surface area (Å²) in [6.45, 7) is 4.94. The fourth-order valence-electron chi connectivity index (χ4n) is 4.61. The highest BCUT2D eigenvalue weighted by molar-refractivity contribution is 7.89. The lowest BCUT2D eigenvalue weighted by molar-refractivity contribution is 0.0730. The van der Waals surface area contributed by atoms with Gasteiger partial charge in [0.1, 0.15) is 11.2 Å². The maximum absolute atomic E-state index is 13.1. The number of aryl methyl sites for hydroxylation is 2. The van der Waals surface area contributed by atoms with E-state index in [0.29, 0.717) is 29.9 Å². The smallest absolute Gasteiger partial charge is 0.263 e. The molecule has 5 aromatic rings. The summed E-state index contributed by atoms with van der Waals surface area (Å²) in [7, 11) is -3.69. The molecule has 0 unspecified atom stereocenters. The Kier molecular flexibility index (Phi) is 6.73. The van der Waals surface area contributed by atoms with Crippen molar-refractivity contribution in [1.29, 1.82) is 0 Å². The Bertz CT molecular complexity index is 1940. The average Bonchev–Trinajstić information content (AvgIpc) is 3.57. The Morgan fingerprint density at radius 2 is 1.78 bits per heavy atom. The molecule has 1 saturated heterocycles. The molecule has 4 heterocycles. The van der Waals surface area contributed by atoms with Crippen LogP contribution in [0.3, 0.4) is 0 Å². The average molecular weight is 575 g/mol. The zero-order valence-electron chi connectivity index (χ0n) is 22.2. The zero-order chi connectivity index (χ0) is 28.7. The Hall–Kier alpha value is -4.66. The number of carbonyl (C=O) groups is 1. The van der Waals surface area contributed by atoms with Crippen LogP contribution < -0.4 is 10.9 Å². The van der Waals surface area contributed by atoms with Crippen molar-refractivity contribution >= 4 is 32.8 Å². The molecule has 0 atom stereocenters. The van der Waals surface area contributed by atoms with Crippen LogP contribution in [0.2, 0.25) is 0 Å². The number of nitrogens with one attached hydrogen (secondary N) is 2. The molecule has 0 saturated carbocycles. The largest absolute Gasteiger partial charge is 0.379 e. The number of H-pyrrole nitrogens is 1. The molecule has 1 aliphatic heterocycles. The van der Waals surface area contributed by atoms with E-state index >= 15 is 0 Å². The number of aromatic amines is 1. The summed E-state index contributed by atoms with van der Waals surface area (Å²) < 4.78 is 35.3. The SMILES string of the molecule is Cc1cccc(-n2ncc3c(=O)[nH]c(-n4nc(C)cc4NC(=O)c4ccc(S(=O)(=O)N5CCOCC5)cc4)nc32)c1. The van der Waals surface area contributed by atoms with Crippen molar-refractivity contribution in [3.63, 3.8) is 0 Å². The monoisotopic (exact) mass is 574 g/mol. The van der Waals surface area contributed by atoms with Gasteiger partial charge in [-0.25, -0.2) is 13.1 Å². The van der Waals surface area contributed by atoms with Gasteiger partial charge in [0.05, 0.1) is 35.7 Å². The first kappa shape index (κ1) is 26.6. The van der Waals surface area contributed by atoms with Gasteiger partial charge in [0.15, 0.2) is 5.65 Å². The number of carbonyl (C=O) groups excluding carboxylic acids is 1. The van der Waals surface area contributed by atoms with Gasteiger partial charge in [0.2, 0.25) is 16.0 Å². The number of ether oxygens (including phenoxy) is 1. The first-order valence-corrected chi connectivity index (χ1v) is 14.3. The van der Waals surface area contributed by atoms with Crippen LogP contribution >= 0.6 is 0 Å². The number of morpholine rings is 1. The molecule has 2 N–H and O–H groups in total. The Morgan fingerprint density at radius 1 is 1.02 bits per heavy atom. The summed E-state index contributed by atoms with van der Waals surface area (Å²) >= 11 is 0. The van der Waals surface area contributed by atoms with Gasteiger partial charge in [-0.1, -0.05) is 12.1 Å². The van der Waals surface area contributed by atoms with Crippen molar-refractivity contribution in [1.82, 2.24) is 33.8 Å². The molecule has 13 nitrogen and oxygen atoms in total. The second-order valence-electron chi connectivity index (χ2n) is 9.60. The van der Waals surface area contributed by atoms with Gasteiger partial charge in [0.25, 0.3) is 11.5 Å². The number of hydrogen-bond acceptors (Lipinski definition) is 8. The number of hydrogen-bond donors (Lipinski definition) is 2. The Morgan fingerprint density at radius 3 is 2.51 bits per heavy atom. The third kappa shape index (κ3) is 5.03. The molecule has 2 aromatic carbocycles. The molecular weight excluding hydrogens is 548 g/mol. The second kappa shape index (κ2) is 10.4. The molecule has 1 fully saturated rings. The number of nitrogens with zero attached hydrogens (tertiary/aromatic N) is 6. The molecule has 0 radical (unpaired) electrons. The van der Waals surface area contributed by atoms with Gasteiger partial charge in [0, 0.05) is 24.7 Å². The quantitative estimate of drug-likeness (QED) is 0.312. The summed E-state index contributed by atoms with van der Waals surface area (Å²) in [5.74, 6) is -0.136. The van der Waals surface area contributed by atoms with Crippen molar-refractivity contribution in [3.05, 3.63) is 88.0 Å². The molecule has 41 heavy (non-hydrogen) atoms. The molecule has 1 aliphatic rings. The topological polar surface area (TPSA) is 157 Å². The number of amides is 1. The summed E-state index contributed by atoms with van der Waals surface area (Å²) in [5, 5.41) is 11.9. The van der Waals surface area contributed by atoms with E-state index in [1.807, 2.05) is 31.2 Å². The van der Waals surface area contributed by atoms with Gasteiger partial charge in [-0.15, -0.1) is 0 Å². The molecule has 6 rings (SSSR count). The summed E-state index contributed by atoms with van der Waals surface area (Å²) in [6, 6.07) is 15.0. The fourth-order valence-corrected chi connectivity index (χ4v) is 6.02. The van der Waals surface area contributed by atoms with Crippen molar-refractivity contribution in [2.75, 3.05) is 31.6 Å². The van der Waals surface area contributed by atoms with Gasteiger partial charge >= 0.3 is 0 Å². The Labute approximate surface area is 234 Å². The first-order chi connectivity index (χ1) is 19.7. The highest BCUT2D eigenvalue weighted by Crippen LogP contribution is 2.21. The van der Waals surface area contributed by atoms with E-state index in [0.717, 1.165) is 11.3 Å². The number of sulfonamides is 1. The van der Waals surface area contributed by atoms with Crippen molar-refractivity contribution in [2.45, 2.75) is 18.7 Å². The highest BCUT2D eigenvalue weighted by atomic mass is 32.2. The van der Waals surface area contributed by atoms with Gasteiger partial charge in [-0.2, -0.15) is 24.2 Å². The molecule has 1 amide bonds. The minimum Gasteiger partial charge on any atom is -0.379 e. The maximum Gasteiger partial charge on any atom is 0.263 e. The molecule has 210 valence electrons. The molecule has 0 spiro atoms. The van der Waals surface area contributed by atoms with E-state index in [9.17, 15) is 18.0 Å². The Balaban J connectivity index is 1.30. The van der Waals surface area contributed by atoms with Crippen LogP contribution in [0.5, 0.6) is 0 Å². The first-order valence-electron chi connectivity index (χ1n) is 12.8. The number of benzene rings is 2. The van der Waals surface area contributed by atoms with Crippen LogP contribution in [-0.4, -0.2) is 74.5 Å². The van der Waals surface area contributed by atoms with E-state index in [1.54, 1.807) is 17.7 Å². The zero-order valence-corrected chi connectivity index (χ0v) is 23.1. The lowest BCUT2D eigenvalue weighted by Crippen LogP contribution is -2.40. The lowest BCUT2D eigenvalue weighted by Gasteiger charge is -2.26. The van der Waals surface area contributed by atoms with E-state index in [-0.39, 0.29) is 35.3 Å². The van der Waals surface area contributed by atoms with Crippen LogP contribution in [0.15, 0.2) is 70.5 Å². The predicted octanol–water partition coefficient (Wildman–Crippen LogP) is 2.18. The summed E-state index contributed by atoms with van der Waals surface area (Å²) in [5.41, 5.74) is 2.50. The molecule has 0 aliphatic carbocycles. The number of aromatic nitrogens is 6. The number of rotatable bonds is 6. The molecule has 3 aromatic heterocycles. The molecule has 14 heteroatoms. The van der Waals surface area contributed by atoms with Crippen LogP contribution in [0.4, 0.5) is 5.82 Å². The third-order valence-electron chi connectivity index (χ3n) is 6.67. The normalized spacial score (nSPS) is 14.4. The van der Waals surface area contributed by atoms with Crippen LogP contribution in [0.25, 0.3) is 22.7 Å². The van der Waals surface area contributed by atoms with Gasteiger partial charge in [-0.3, -0.25) is 14.6 Å². The van der Waals surface area contributed by atoms with Crippen LogP contribution in [0, 0.1) is 13.8 Å². The number of anilines is 1. The van der Waals surface area contributed by atoms with Gasteiger partial charge in [-0.05, 0) is 55.8 Å². The van der Waals surface area contributed by atoms with Crippen molar-refractivity contribution < 1.29 is 17.9 Å². The standard InChI is InChI=1S/C27H26N8O5S/c1-17-4-3-5-20(14-17)34-24-22(16-28-34)26(37)31-27(30-24)35-23(15-18(2)32-35)29-25(36)19-6-8-21(9-7-19)41(38,39)33-10-12-40-13-11-33/h3-9,14-16H,10-13H2,1-2H3,(H,29,36)(H,30,31,37). The van der Waals surface area contributed by atoms with E-state index in [4.69, 9.17) is 4.74 Å². The third-order valence-corrected chi connectivity index (χ3v) is 8.58. The van der Waals surface area contributed by atoms with E-state index in [1.165, 1.54) is 39.4 Å². The van der Waals surface area contributed by atoms with Crippen LogP contribution in [-0.2, 0) is 14.8 Å². The second-order valence-corrected chi connectivity index (χ2v) is 11.5. The summed E-state index contributed by atoms with van der Waals surface area (Å²) in [4.78, 5) is 33.5. The van der Waals surface area contributed by atoms with Gasteiger partial charge < -0.3 is 10.1 Å². The van der Waals surface area contributed by atoms with Crippen LogP contribution in [0.1, 0.15) is 21.6 Å². The fraction of sp³-hybridized carbons (Fsp3) is 0.222. The summed E-state index contributed by atoms with van der Waals surface area (Å²) in [6.07, 6.45) is 1.45. The highest BCUT2D eigenvalue weighted by Gasteiger charge is 2.26. The van der Waals surface area contributed by atoms with E-state index in [2.05, 4.69) is 25.5 Å². The molecule has 0 bridgehead atoms. The minimum absolute atomic E-state index is 0.0901. The molecular formula is C27H26N8O5S. The van der Waals surface area contributed by atoms with Crippen molar-refractivity contribution in [2.24, 2.45) is 0 Å². The minimum atomic E-state index is -3.69. The van der Waals surface area contributed by atoms with Crippen molar-refractivity contribution in [3.8, 4) is 11.6 Å².